The first-order valence-electron chi connectivity index (χ1n) is 4.77. The third kappa shape index (κ3) is 4.61. The van der Waals surface area contributed by atoms with E-state index in [1.807, 2.05) is 6.07 Å². The van der Waals surface area contributed by atoms with Gasteiger partial charge in [0.15, 0.2) is 5.12 Å². The predicted octanol–water partition coefficient (Wildman–Crippen LogP) is 2.94. The molecule has 0 fully saturated rings. The number of anilines is 1. The Labute approximate surface area is 105 Å². The smallest absolute Gasteiger partial charge is 0.185 e. The highest BCUT2D eigenvalue weighted by atomic mass is 35.5. The third-order valence-corrected chi connectivity index (χ3v) is 2.91. The van der Waals surface area contributed by atoms with Crippen LogP contribution in [0.25, 0.3) is 0 Å². The van der Waals surface area contributed by atoms with Crippen LogP contribution < -0.4 is 5.73 Å². The van der Waals surface area contributed by atoms with Crippen molar-refractivity contribution in [3.8, 4) is 11.8 Å². The lowest BCUT2D eigenvalue weighted by Gasteiger charge is -1.96. The predicted molar refractivity (Wildman–Crippen MR) is 70.5 cm³/mol. The molecule has 0 atom stereocenters. The van der Waals surface area contributed by atoms with E-state index in [-0.39, 0.29) is 5.12 Å². The van der Waals surface area contributed by atoms with E-state index < -0.39 is 0 Å². The number of nitrogens with two attached hydrogens (primary N) is 1. The number of carbonyl (C=O) groups excluding carboxylic acids is 1. The van der Waals surface area contributed by atoms with Gasteiger partial charge in [-0.05, 0) is 18.2 Å². The maximum atomic E-state index is 10.6. The van der Waals surface area contributed by atoms with Crippen molar-refractivity contribution in [3.63, 3.8) is 0 Å². The molecular weight excluding hydrogens is 242 g/mol. The van der Waals surface area contributed by atoms with Crippen molar-refractivity contribution in [2.24, 2.45) is 0 Å². The van der Waals surface area contributed by atoms with Crippen LogP contribution in [0.5, 0.6) is 0 Å². The molecule has 4 heteroatoms. The van der Waals surface area contributed by atoms with Gasteiger partial charge >= 0.3 is 0 Å². The fourth-order valence-electron chi connectivity index (χ4n) is 1.02. The Bertz CT molecular complexity index is 448. The minimum absolute atomic E-state index is 0.123. The highest BCUT2D eigenvalue weighted by molar-refractivity contribution is 8.13. The van der Waals surface area contributed by atoms with Crippen molar-refractivity contribution in [2.75, 3.05) is 11.5 Å². The highest BCUT2D eigenvalue weighted by Gasteiger charge is 1.95. The van der Waals surface area contributed by atoms with Crippen LogP contribution in [0.2, 0.25) is 5.02 Å². The number of hydrogen-bond acceptors (Lipinski definition) is 3. The molecule has 1 rings (SSSR count). The molecule has 1 aromatic carbocycles. The summed E-state index contributed by atoms with van der Waals surface area (Å²) in [6.45, 7) is 1.55. The molecule has 2 nitrogen and oxygen atoms in total. The molecule has 0 aliphatic heterocycles. The van der Waals surface area contributed by atoms with Crippen molar-refractivity contribution in [3.05, 3.63) is 28.8 Å². The Kier molecular flexibility index (Phi) is 5.24. The molecule has 0 aliphatic carbocycles. The van der Waals surface area contributed by atoms with Gasteiger partial charge in [0, 0.05) is 24.7 Å². The van der Waals surface area contributed by atoms with Crippen LogP contribution in [0.4, 0.5) is 5.69 Å². The van der Waals surface area contributed by atoms with Gasteiger partial charge in [-0.3, -0.25) is 4.79 Å². The molecule has 0 heterocycles. The standard InChI is InChI=1S/C12H12ClNOS/c1-9(15)16-7-3-2-4-10-5-6-12(14)11(13)8-10/h5-6,8H,3,7,14H2,1H3. The quantitative estimate of drug-likeness (QED) is 0.501. The lowest BCUT2D eigenvalue weighted by Crippen LogP contribution is -1.86. The van der Waals surface area contributed by atoms with Gasteiger partial charge in [-0.1, -0.05) is 35.2 Å². The largest absolute Gasteiger partial charge is 0.398 e. The molecule has 2 N–H and O–H groups in total. The normalized spacial score (nSPS) is 9.38. The zero-order valence-electron chi connectivity index (χ0n) is 8.92. The number of hydrogen-bond donors (Lipinski definition) is 1. The lowest BCUT2D eigenvalue weighted by atomic mass is 10.2. The molecule has 0 unspecified atom stereocenters. The topological polar surface area (TPSA) is 43.1 Å². The van der Waals surface area contributed by atoms with Gasteiger partial charge in [-0.2, -0.15) is 0 Å². The molecule has 84 valence electrons. The van der Waals surface area contributed by atoms with Gasteiger partial charge in [0.2, 0.25) is 0 Å². The molecule has 0 spiro atoms. The fourth-order valence-corrected chi connectivity index (χ4v) is 1.69. The Morgan fingerprint density at radius 1 is 1.56 bits per heavy atom. The number of nitrogen functional groups attached to an aromatic ring is 1. The fraction of sp³-hybridized carbons (Fsp3) is 0.250. The first-order valence-corrected chi connectivity index (χ1v) is 6.13. The number of benzene rings is 1. The van der Waals surface area contributed by atoms with E-state index >= 15 is 0 Å². The second kappa shape index (κ2) is 6.47. The van der Waals surface area contributed by atoms with Gasteiger partial charge in [0.05, 0.1) is 10.7 Å². The minimum Gasteiger partial charge on any atom is -0.398 e. The van der Waals surface area contributed by atoms with Crippen molar-refractivity contribution in [2.45, 2.75) is 13.3 Å². The van der Waals surface area contributed by atoms with Crippen molar-refractivity contribution >= 4 is 34.2 Å². The first kappa shape index (κ1) is 13.0. The number of rotatable bonds is 2. The maximum absolute atomic E-state index is 10.6. The summed E-state index contributed by atoms with van der Waals surface area (Å²) < 4.78 is 0. The average molecular weight is 254 g/mol. The molecule has 0 aromatic heterocycles. The van der Waals surface area contributed by atoms with Crippen molar-refractivity contribution < 1.29 is 4.79 Å². The summed E-state index contributed by atoms with van der Waals surface area (Å²) in [5.41, 5.74) is 6.97. The van der Waals surface area contributed by atoms with E-state index in [1.54, 1.807) is 19.1 Å². The summed E-state index contributed by atoms with van der Waals surface area (Å²) in [6, 6.07) is 5.30. The Morgan fingerprint density at radius 3 is 2.94 bits per heavy atom. The van der Waals surface area contributed by atoms with Gasteiger partial charge < -0.3 is 5.73 Å². The third-order valence-electron chi connectivity index (χ3n) is 1.77. The Hall–Kier alpha value is -1.11. The Balaban J connectivity index is 2.50. The average Bonchev–Trinajstić information content (AvgIpc) is 2.22. The molecule has 0 bridgehead atoms. The zero-order chi connectivity index (χ0) is 12.0. The van der Waals surface area contributed by atoms with Crippen LogP contribution in [-0.2, 0) is 4.79 Å². The van der Waals surface area contributed by atoms with Gasteiger partial charge in [0.25, 0.3) is 0 Å². The molecule has 0 saturated heterocycles. The molecule has 0 amide bonds. The Morgan fingerprint density at radius 2 is 2.31 bits per heavy atom. The van der Waals surface area contributed by atoms with Crippen molar-refractivity contribution in [1.29, 1.82) is 0 Å². The van der Waals surface area contributed by atoms with E-state index in [4.69, 9.17) is 17.3 Å². The second-order valence-corrected chi connectivity index (χ2v) is 4.81. The second-order valence-electron chi connectivity index (χ2n) is 3.13. The number of carbonyl (C=O) groups is 1. The number of thioether (sulfide) groups is 1. The molecule has 0 saturated carbocycles. The van der Waals surface area contributed by atoms with E-state index in [0.717, 1.165) is 11.3 Å². The van der Waals surface area contributed by atoms with E-state index in [9.17, 15) is 4.79 Å². The highest BCUT2D eigenvalue weighted by Crippen LogP contribution is 2.18. The first-order chi connectivity index (χ1) is 7.59. The van der Waals surface area contributed by atoms with Gasteiger partial charge in [-0.25, -0.2) is 0 Å². The van der Waals surface area contributed by atoms with Crippen molar-refractivity contribution in [1.82, 2.24) is 0 Å². The minimum atomic E-state index is 0.123. The van der Waals surface area contributed by atoms with Crippen LogP contribution in [-0.4, -0.2) is 10.9 Å². The summed E-state index contributed by atoms with van der Waals surface area (Å²) in [5.74, 6) is 6.68. The molecule has 0 aliphatic rings. The van der Waals surface area contributed by atoms with E-state index in [1.165, 1.54) is 11.8 Å². The van der Waals surface area contributed by atoms with Crippen LogP contribution in [0, 0.1) is 11.8 Å². The van der Waals surface area contributed by atoms with Crippen LogP contribution in [0.3, 0.4) is 0 Å². The zero-order valence-corrected chi connectivity index (χ0v) is 10.5. The van der Waals surface area contributed by atoms with Gasteiger partial charge in [0.1, 0.15) is 0 Å². The monoisotopic (exact) mass is 253 g/mol. The molecule has 16 heavy (non-hydrogen) atoms. The summed E-state index contributed by atoms with van der Waals surface area (Å²) >= 11 is 7.14. The number of halogens is 1. The van der Waals surface area contributed by atoms with E-state index in [0.29, 0.717) is 17.1 Å². The molecule has 0 radical (unpaired) electrons. The van der Waals surface area contributed by atoms with Crippen LogP contribution in [0.15, 0.2) is 18.2 Å². The van der Waals surface area contributed by atoms with E-state index in [2.05, 4.69) is 11.8 Å². The lowest BCUT2D eigenvalue weighted by molar-refractivity contribution is -0.109. The summed E-state index contributed by atoms with van der Waals surface area (Å²) in [7, 11) is 0. The molecular formula is C12H12ClNOS. The van der Waals surface area contributed by atoms with Gasteiger partial charge in [-0.15, -0.1) is 0 Å². The summed E-state index contributed by atoms with van der Waals surface area (Å²) in [4.78, 5) is 10.6. The molecule has 1 aromatic rings. The SMILES string of the molecule is CC(=O)SCCC#Cc1ccc(N)c(Cl)c1. The summed E-state index contributed by atoms with van der Waals surface area (Å²) in [6.07, 6.45) is 0.687. The maximum Gasteiger partial charge on any atom is 0.185 e. The summed E-state index contributed by atoms with van der Waals surface area (Å²) in [5, 5.41) is 0.641. The van der Waals surface area contributed by atoms with Crippen LogP contribution in [0.1, 0.15) is 18.9 Å². The van der Waals surface area contributed by atoms with Crippen LogP contribution >= 0.6 is 23.4 Å².